The lowest BCUT2D eigenvalue weighted by atomic mass is 10.0. The summed E-state index contributed by atoms with van der Waals surface area (Å²) in [6, 6.07) is 0. The minimum Gasteiger partial charge on any atom is -0.461 e. The summed E-state index contributed by atoms with van der Waals surface area (Å²) in [5.74, 6) is -1.57. The fourth-order valence-corrected chi connectivity index (χ4v) is 2.55. The van der Waals surface area contributed by atoms with E-state index in [1.54, 1.807) is 34.6 Å². The number of carbonyl (C=O) groups excluding carboxylic acids is 3. The van der Waals surface area contributed by atoms with E-state index >= 15 is 0 Å². The van der Waals surface area contributed by atoms with E-state index in [0.29, 0.717) is 24.2 Å². The van der Waals surface area contributed by atoms with Gasteiger partial charge in [-0.2, -0.15) is 0 Å². The minimum absolute atomic E-state index is 0.0295. The van der Waals surface area contributed by atoms with Gasteiger partial charge < -0.3 is 19.1 Å². The third-order valence-electron chi connectivity index (χ3n) is 3.64. The number of ether oxygens (including phenoxy) is 3. The Morgan fingerprint density at radius 3 is 2.26 bits per heavy atom. The molecule has 1 aromatic rings. The number of esters is 2. The SMILES string of the molecule is CCOC(=O)c1nc2c(c(C(=O)OCC)n1)CN(C(=O)OC(C)(C)C)CC2. The molecule has 148 valence electrons. The second kappa shape index (κ2) is 8.32. The molecule has 2 rings (SSSR count). The Bertz CT molecular complexity index is 741. The number of amides is 1. The maximum Gasteiger partial charge on any atom is 0.410 e. The zero-order chi connectivity index (χ0) is 20.2. The zero-order valence-electron chi connectivity index (χ0n) is 16.3. The van der Waals surface area contributed by atoms with Crippen LogP contribution in [-0.4, -0.2) is 58.3 Å². The molecule has 9 heteroatoms. The van der Waals surface area contributed by atoms with Gasteiger partial charge in [-0.25, -0.2) is 24.4 Å². The fraction of sp³-hybridized carbons (Fsp3) is 0.611. The Balaban J connectivity index is 2.38. The third-order valence-corrected chi connectivity index (χ3v) is 3.64. The molecule has 0 radical (unpaired) electrons. The lowest BCUT2D eigenvalue weighted by molar-refractivity contribution is 0.0216. The zero-order valence-corrected chi connectivity index (χ0v) is 16.3. The number of carbonyl (C=O) groups is 3. The molecule has 0 fully saturated rings. The first-order chi connectivity index (χ1) is 12.7. The quantitative estimate of drug-likeness (QED) is 0.578. The van der Waals surface area contributed by atoms with Crippen molar-refractivity contribution in [3.05, 3.63) is 22.8 Å². The van der Waals surface area contributed by atoms with E-state index in [2.05, 4.69) is 9.97 Å². The molecular formula is C18H25N3O6. The van der Waals surface area contributed by atoms with Gasteiger partial charge in [-0.15, -0.1) is 0 Å². The monoisotopic (exact) mass is 379 g/mol. The van der Waals surface area contributed by atoms with E-state index in [4.69, 9.17) is 14.2 Å². The second-order valence-corrected chi connectivity index (χ2v) is 6.91. The molecule has 0 spiro atoms. The molecule has 0 saturated heterocycles. The van der Waals surface area contributed by atoms with Crippen molar-refractivity contribution in [2.45, 2.75) is 53.2 Å². The summed E-state index contributed by atoms with van der Waals surface area (Å²) in [4.78, 5) is 46.5. The maximum absolute atomic E-state index is 12.4. The molecule has 1 aliphatic heterocycles. The number of nitrogens with zero attached hydrogens (tertiary/aromatic N) is 3. The van der Waals surface area contributed by atoms with Gasteiger partial charge in [-0.1, -0.05) is 0 Å². The first-order valence-electron chi connectivity index (χ1n) is 8.88. The van der Waals surface area contributed by atoms with Gasteiger partial charge >= 0.3 is 18.0 Å². The number of fused-ring (bicyclic) bond motifs is 1. The van der Waals surface area contributed by atoms with Crippen molar-refractivity contribution in [3.8, 4) is 0 Å². The number of hydrogen-bond acceptors (Lipinski definition) is 8. The van der Waals surface area contributed by atoms with E-state index in [9.17, 15) is 14.4 Å². The molecule has 27 heavy (non-hydrogen) atoms. The molecule has 0 N–H and O–H groups in total. The predicted molar refractivity (Wildman–Crippen MR) is 94.3 cm³/mol. The van der Waals surface area contributed by atoms with Crippen LogP contribution >= 0.6 is 0 Å². The van der Waals surface area contributed by atoms with E-state index < -0.39 is 23.6 Å². The standard InChI is InChI=1S/C18H25N3O6/c1-6-25-15(22)13-11-10-21(17(24)27-18(3,4)5)9-8-12(11)19-14(20-13)16(23)26-7-2/h6-10H2,1-5H3. The molecule has 1 amide bonds. The van der Waals surface area contributed by atoms with Crippen molar-refractivity contribution < 1.29 is 28.6 Å². The highest BCUT2D eigenvalue weighted by atomic mass is 16.6. The van der Waals surface area contributed by atoms with Crippen LogP contribution in [0.15, 0.2) is 0 Å². The molecule has 0 aliphatic carbocycles. The summed E-state index contributed by atoms with van der Waals surface area (Å²) in [6.45, 7) is 9.45. The Morgan fingerprint density at radius 1 is 1.04 bits per heavy atom. The minimum atomic E-state index is -0.708. The van der Waals surface area contributed by atoms with E-state index in [1.165, 1.54) is 4.90 Å². The summed E-state index contributed by atoms with van der Waals surface area (Å²) in [6.07, 6.45) is -0.131. The van der Waals surface area contributed by atoms with Crippen molar-refractivity contribution in [1.82, 2.24) is 14.9 Å². The molecule has 2 heterocycles. The summed E-state index contributed by atoms with van der Waals surface area (Å²) < 4.78 is 15.4. The van der Waals surface area contributed by atoms with Crippen LogP contribution in [0.4, 0.5) is 4.79 Å². The normalized spacial score (nSPS) is 13.6. The van der Waals surface area contributed by atoms with Gasteiger partial charge in [0.25, 0.3) is 0 Å². The van der Waals surface area contributed by atoms with Crippen LogP contribution in [0.1, 0.15) is 67.0 Å². The second-order valence-electron chi connectivity index (χ2n) is 6.91. The van der Waals surface area contributed by atoms with Gasteiger partial charge in [-0.3, -0.25) is 0 Å². The smallest absolute Gasteiger partial charge is 0.410 e. The van der Waals surface area contributed by atoms with Gasteiger partial charge in [0, 0.05) is 18.5 Å². The van der Waals surface area contributed by atoms with Gasteiger partial charge in [0.15, 0.2) is 5.69 Å². The topological polar surface area (TPSA) is 108 Å². The van der Waals surface area contributed by atoms with Crippen LogP contribution in [0, 0.1) is 0 Å². The molecule has 0 aromatic carbocycles. The average molecular weight is 379 g/mol. The molecule has 9 nitrogen and oxygen atoms in total. The Kier molecular flexibility index (Phi) is 6.35. The van der Waals surface area contributed by atoms with Crippen molar-refractivity contribution >= 4 is 18.0 Å². The largest absolute Gasteiger partial charge is 0.461 e. The van der Waals surface area contributed by atoms with Crippen LogP contribution in [-0.2, 0) is 27.2 Å². The average Bonchev–Trinajstić information content (AvgIpc) is 2.59. The maximum atomic E-state index is 12.4. The number of rotatable bonds is 4. The fourth-order valence-electron chi connectivity index (χ4n) is 2.55. The summed E-state index contributed by atoms with van der Waals surface area (Å²) in [5.41, 5.74) is 0.318. The first-order valence-corrected chi connectivity index (χ1v) is 8.88. The van der Waals surface area contributed by atoms with Gasteiger partial charge in [-0.05, 0) is 34.6 Å². The first kappa shape index (κ1) is 20.6. The molecule has 1 aromatic heterocycles. The van der Waals surface area contributed by atoms with Crippen LogP contribution in [0.3, 0.4) is 0 Å². The highest BCUT2D eigenvalue weighted by Gasteiger charge is 2.32. The Labute approximate surface area is 158 Å². The van der Waals surface area contributed by atoms with Gasteiger partial charge in [0.05, 0.1) is 25.5 Å². The highest BCUT2D eigenvalue weighted by Crippen LogP contribution is 2.23. The molecule has 0 unspecified atom stereocenters. The van der Waals surface area contributed by atoms with E-state index in [-0.39, 0.29) is 31.3 Å². The molecule has 0 atom stereocenters. The summed E-state index contributed by atoms with van der Waals surface area (Å²) in [7, 11) is 0. The number of hydrogen-bond donors (Lipinski definition) is 0. The molecule has 0 saturated carbocycles. The Hall–Kier alpha value is -2.71. The molecule has 0 bridgehead atoms. The lowest BCUT2D eigenvalue weighted by Crippen LogP contribution is -2.41. The van der Waals surface area contributed by atoms with Crippen LogP contribution in [0.2, 0.25) is 0 Å². The van der Waals surface area contributed by atoms with E-state index in [0.717, 1.165) is 0 Å². The van der Waals surface area contributed by atoms with E-state index in [1.807, 2.05) is 0 Å². The van der Waals surface area contributed by atoms with Crippen LogP contribution < -0.4 is 0 Å². The van der Waals surface area contributed by atoms with Gasteiger partial charge in [0.1, 0.15) is 5.60 Å². The van der Waals surface area contributed by atoms with Crippen molar-refractivity contribution in [2.24, 2.45) is 0 Å². The van der Waals surface area contributed by atoms with Crippen LogP contribution in [0.5, 0.6) is 0 Å². The molecule has 1 aliphatic rings. The van der Waals surface area contributed by atoms with Gasteiger partial charge in [0.2, 0.25) is 5.82 Å². The summed E-state index contributed by atoms with van der Waals surface area (Å²) >= 11 is 0. The van der Waals surface area contributed by atoms with Crippen molar-refractivity contribution in [3.63, 3.8) is 0 Å². The molecular weight excluding hydrogens is 354 g/mol. The third kappa shape index (κ3) is 5.15. The lowest BCUT2D eigenvalue weighted by Gasteiger charge is -2.31. The van der Waals surface area contributed by atoms with Crippen molar-refractivity contribution in [2.75, 3.05) is 19.8 Å². The predicted octanol–water partition coefficient (Wildman–Crippen LogP) is 2.12. The van der Waals surface area contributed by atoms with Crippen LogP contribution in [0.25, 0.3) is 0 Å². The number of aromatic nitrogens is 2. The van der Waals surface area contributed by atoms with Crippen molar-refractivity contribution in [1.29, 1.82) is 0 Å². The Morgan fingerprint density at radius 2 is 1.67 bits per heavy atom. The summed E-state index contributed by atoms with van der Waals surface area (Å²) in [5, 5.41) is 0. The highest BCUT2D eigenvalue weighted by molar-refractivity contribution is 5.92.